The Labute approximate surface area is 145 Å². The number of ether oxygens (including phenoxy) is 2. The summed E-state index contributed by atoms with van der Waals surface area (Å²) >= 11 is 0. The van der Waals surface area contributed by atoms with Crippen LogP contribution in [0.3, 0.4) is 0 Å². The van der Waals surface area contributed by atoms with Gasteiger partial charge in [0, 0.05) is 11.1 Å². The van der Waals surface area contributed by atoms with Crippen molar-refractivity contribution in [2.75, 3.05) is 26.4 Å². The summed E-state index contributed by atoms with van der Waals surface area (Å²) in [6, 6.07) is 12.9. The second kappa shape index (κ2) is 9.56. The topological polar surface area (TPSA) is 93.1 Å². The van der Waals surface area contributed by atoms with Gasteiger partial charge in [-0.15, -0.1) is 0 Å². The maximum absolute atomic E-state index is 12.2. The molecule has 132 valence electrons. The fraction of sp³-hybridized carbons (Fsp3) is 0.263. The van der Waals surface area contributed by atoms with Gasteiger partial charge in [0.25, 0.3) is 0 Å². The molecule has 0 heterocycles. The van der Waals surface area contributed by atoms with Gasteiger partial charge in [0.15, 0.2) is 11.6 Å². The van der Waals surface area contributed by atoms with Crippen molar-refractivity contribution < 1.29 is 29.3 Å². The molecule has 0 bridgehead atoms. The minimum atomic E-state index is -0.278. The standard InChI is InChI=1S/C19H20O6/c20-9-11-24-16-5-1-14(2-6-16)18(22)13-19(23)15-3-7-17(8-4-15)25-12-10-21/h1-8,20-21H,9-13H2. The number of rotatable bonds is 10. The van der Waals surface area contributed by atoms with E-state index in [2.05, 4.69) is 0 Å². The zero-order valence-electron chi connectivity index (χ0n) is 13.7. The largest absolute Gasteiger partial charge is 0.491 e. The summed E-state index contributed by atoms with van der Waals surface area (Å²) in [4.78, 5) is 24.4. The second-order valence-corrected chi connectivity index (χ2v) is 5.22. The number of carbonyl (C=O) groups is 2. The lowest BCUT2D eigenvalue weighted by molar-refractivity contribution is 0.0894. The number of hydrogen-bond acceptors (Lipinski definition) is 6. The van der Waals surface area contributed by atoms with Crippen LogP contribution in [0.1, 0.15) is 27.1 Å². The van der Waals surface area contributed by atoms with Crippen LogP contribution < -0.4 is 9.47 Å². The minimum absolute atomic E-state index is 0.0843. The zero-order valence-corrected chi connectivity index (χ0v) is 13.7. The third kappa shape index (κ3) is 5.70. The smallest absolute Gasteiger partial charge is 0.170 e. The van der Waals surface area contributed by atoms with Crippen LogP contribution in [-0.4, -0.2) is 48.2 Å². The monoisotopic (exact) mass is 344 g/mol. The lowest BCUT2D eigenvalue weighted by Crippen LogP contribution is -2.09. The third-order valence-corrected chi connectivity index (χ3v) is 3.39. The van der Waals surface area contributed by atoms with Crippen LogP contribution in [0.4, 0.5) is 0 Å². The molecular formula is C19H20O6. The molecule has 0 aliphatic heterocycles. The van der Waals surface area contributed by atoms with Gasteiger partial charge in [0.1, 0.15) is 24.7 Å². The Morgan fingerprint density at radius 1 is 0.680 bits per heavy atom. The van der Waals surface area contributed by atoms with Crippen LogP contribution in [0, 0.1) is 0 Å². The van der Waals surface area contributed by atoms with Crippen molar-refractivity contribution in [2.24, 2.45) is 0 Å². The number of benzene rings is 2. The van der Waals surface area contributed by atoms with Gasteiger partial charge in [-0.1, -0.05) is 0 Å². The molecule has 2 aromatic carbocycles. The molecular weight excluding hydrogens is 324 g/mol. The first-order valence-electron chi connectivity index (χ1n) is 7.88. The van der Waals surface area contributed by atoms with Crippen molar-refractivity contribution in [3.8, 4) is 11.5 Å². The van der Waals surface area contributed by atoms with E-state index in [-0.39, 0.29) is 44.4 Å². The van der Waals surface area contributed by atoms with Gasteiger partial charge in [0.05, 0.1) is 19.6 Å². The minimum Gasteiger partial charge on any atom is -0.491 e. The van der Waals surface area contributed by atoms with E-state index in [1.54, 1.807) is 48.5 Å². The molecule has 0 saturated carbocycles. The Bertz CT molecular complexity index is 629. The highest BCUT2D eigenvalue weighted by Crippen LogP contribution is 2.16. The third-order valence-electron chi connectivity index (χ3n) is 3.39. The Balaban J connectivity index is 1.94. The first-order valence-corrected chi connectivity index (χ1v) is 7.88. The average molecular weight is 344 g/mol. The summed E-state index contributed by atoms with van der Waals surface area (Å²) in [7, 11) is 0. The lowest BCUT2D eigenvalue weighted by Gasteiger charge is -2.06. The predicted molar refractivity (Wildman–Crippen MR) is 91.3 cm³/mol. The molecule has 2 N–H and O–H groups in total. The molecule has 0 atom stereocenters. The number of carbonyl (C=O) groups excluding carboxylic acids is 2. The van der Waals surface area contributed by atoms with Gasteiger partial charge in [-0.3, -0.25) is 9.59 Å². The van der Waals surface area contributed by atoms with E-state index in [0.717, 1.165) is 0 Å². The normalized spacial score (nSPS) is 10.3. The summed E-state index contributed by atoms with van der Waals surface area (Å²) in [5.74, 6) is 0.546. The molecule has 0 unspecified atom stereocenters. The molecule has 0 spiro atoms. The van der Waals surface area contributed by atoms with E-state index in [0.29, 0.717) is 22.6 Å². The van der Waals surface area contributed by atoms with Gasteiger partial charge in [-0.2, -0.15) is 0 Å². The molecule has 0 amide bonds. The molecule has 0 aromatic heterocycles. The second-order valence-electron chi connectivity index (χ2n) is 5.22. The summed E-state index contributed by atoms with van der Waals surface area (Å²) in [5, 5.41) is 17.4. The fourth-order valence-electron chi connectivity index (χ4n) is 2.15. The molecule has 2 rings (SSSR count). The van der Waals surface area contributed by atoms with Crippen molar-refractivity contribution in [1.82, 2.24) is 0 Å². The molecule has 2 aromatic rings. The Morgan fingerprint density at radius 3 is 1.36 bits per heavy atom. The van der Waals surface area contributed by atoms with E-state index in [9.17, 15) is 9.59 Å². The number of aliphatic hydroxyl groups is 2. The van der Waals surface area contributed by atoms with Gasteiger partial charge in [-0.25, -0.2) is 0 Å². The SMILES string of the molecule is O=C(CC(=O)c1ccc(OCCO)cc1)c1ccc(OCCO)cc1. The van der Waals surface area contributed by atoms with E-state index in [4.69, 9.17) is 19.7 Å². The molecule has 25 heavy (non-hydrogen) atoms. The average Bonchev–Trinajstić information content (AvgIpc) is 2.65. The lowest BCUT2D eigenvalue weighted by atomic mass is 10.0. The first-order chi connectivity index (χ1) is 12.1. The van der Waals surface area contributed by atoms with Crippen molar-refractivity contribution in [1.29, 1.82) is 0 Å². The van der Waals surface area contributed by atoms with Gasteiger partial charge in [0.2, 0.25) is 0 Å². The molecule has 6 heteroatoms. The summed E-state index contributed by atoms with van der Waals surface area (Å²) < 4.78 is 10.4. The molecule has 0 aliphatic rings. The van der Waals surface area contributed by atoms with Crippen molar-refractivity contribution >= 4 is 11.6 Å². The van der Waals surface area contributed by atoms with Crippen LogP contribution in [0.15, 0.2) is 48.5 Å². The Morgan fingerprint density at radius 2 is 1.04 bits per heavy atom. The summed E-state index contributed by atoms with van der Waals surface area (Å²) in [6.45, 7) is 0.200. The van der Waals surface area contributed by atoms with Gasteiger partial charge < -0.3 is 19.7 Å². The van der Waals surface area contributed by atoms with Crippen LogP contribution in [0.25, 0.3) is 0 Å². The van der Waals surface area contributed by atoms with E-state index < -0.39 is 0 Å². The van der Waals surface area contributed by atoms with Crippen molar-refractivity contribution in [3.63, 3.8) is 0 Å². The summed E-state index contributed by atoms with van der Waals surface area (Å²) in [5.41, 5.74) is 0.847. The maximum atomic E-state index is 12.2. The van der Waals surface area contributed by atoms with Crippen LogP contribution in [-0.2, 0) is 0 Å². The zero-order chi connectivity index (χ0) is 18.1. The number of hydrogen-bond donors (Lipinski definition) is 2. The van der Waals surface area contributed by atoms with Crippen LogP contribution >= 0.6 is 0 Å². The highest BCUT2D eigenvalue weighted by molar-refractivity contribution is 6.13. The number of ketones is 2. The molecule has 0 radical (unpaired) electrons. The molecule has 0 fully saturated rings. The number of Topliss-reactive ketones (excluding diaryl/α,β-unsaturated/α-hetero) is 2. The van der Waals surface area contributed by atoms with Gasteiger partial charge in [-0.05, 0) is 48.5 Å². The highest BCUT2D eigenvalue weighted by atomic mass is 16.5. The highest BCUT2D eigenvalue weighted by Gasteiger charge is 2.14. The summed E-state index contributed by atoms with van der Waals surface area (Å²) in [6.07, 6.45) is -0.228. The van der Waals surface area contributed by atoms with Gasteiger partial charge >= 0.3 is 0 Å². The van der Waals surface area contributed by atoms with Crippen LogP contribution in [0.2, 0.25) is 0 Å². The van der Waals surface area contributed by atoms with Crippen molar-refractivity contribution in [3.05, 3.63) is 59.7 Å². The fourth-order valence-corrected chi connectivity index (χ4v) is 2.15. The molecule has 6 nitrogen and oxygen atoms in total. The van der Waals surface area contributed by atoms with E-state index in [1.165, 1.54) is 0 Å². The van der Waals surface area contributed by atoms with E-state index >= 15 is 0 Å². The predicted octanol–water partition coefficient (Wildman–Crippen LogP) is 1.88. The first kappa shape index (κ1) is 18.6. The van der Waals surface area contributed by atoms with Crippen molar-refractivity contribution in [2.45, 2.75) is 6.42 Å². The van der Waals surface area contributed by atoms with Crippen LogP contribution in [0.5, 0.6) is 11.5 Å². The molecule has 0 aliphatic carbocycles. The van der Waals surface area contributed by atoms with E-state index in [1.807, 2.05) is 0 Å². The quantitative estimate of drug-likeness (QED) is 0.505. The Kier molecular flexibility index (Phi) is 7.13. The molecule has 0 saturated heterocycles. The Hall–Kier alpha value is -2.70. The number of aliphatic hydroxyl groups excluding tert-OH is 2. The maximum Gasteiger partial charge on any atom is 0.170 e.